The lowest BCUT2D eigenvalue weighted by atomic mass is 10.3. The van der Waals surface area contributed by atoms with E-state index >= 15 is 0 Å². The van der Waals surface area contributed by atoms with Crippen molar-refractivity contribution in [2.24, 2.45) is 0 Å². The molecule has 2 aromatic rings. The average Bonchev–Trinajstić information content (AvgIpc) is 2.46. The lowest BCUT2D eigenvalue weighted by Crippen LogP contribution is -2.06. The summed E-state index contributed by atoms with van der Waals surface area (Å²) < 4.78 is 0. The number of benzene rings is 1. The summed E-state index contributed by atoms with van der Waals surface area (Å²) in [6.07, 6.45) is 0. The third-order valence-electron chi connectivity index (χ3n) is 1.86. The Kier molecular flexibility index (Phi) is 1.90. The van der Waals surface area contributed by atoms with Crippen molar-refractivity contribution in [1.82, 2.24) is 15.3 Å². The van der Waals surface area contributed by atoms with Crippen LogP contribution in [0.4, 0.5) is 0 Å². The summed E-state index contributed by atoms with van der Waals surface area (Å²) in [5, 5.41) is 12.2. The molecule has 0 aliphatic rings. The van der Waals surface area contributed by atoms with Gasteiger partial charge in [-0.25, -0.2) is 4.98 Å². The Bertz CT molecular complexity index is 422. The second-order valence-corrected chi connectivity index (χ2v) is 2.92. The van der Waals surface area contributed by atoms with E-state index in [-0.39, 0.29) is 5.75 Å². The molecule has 68 valence electrons. The van der Waals surface area contributed by atoms with Crippen molar-refractivity contribution in [3.8, 4) is 5.75 Å². The number of phenolic OH excluding ortho intramolecular Hbond substituents is 1. The number of phenols is 1. The minimum atomic E-state index is 0.257. The Morgan fingerprint density at radius 2 is 2.38 bits per heavy atom. The van der Waals surface area contributed by atoms with Crippen LogP contribution in [0.15, 0.2) is 18.2 Å². The van der Waals surface area contributed by atoms with Crippen LogP contribution in [-0.4, -0.2) is 22.1 Å². The molecule has 0 amide bonds. The van der Waals surface area contributed by atoms with Gasteiger partial charge in [0.05, 0.1) is 17.6 Å². The molecule has 1 heterocycles. The van der Waals surface area contributed by atoms with E-state index in [9.17, 15) is 5.11 Å². The molecule has 0 unspecified atom stereocenters. The zero-order valence-corrected chi connectivity index (χ0v) is 7.33. The van der Waals surface area contributed by atoms with Gasteiger partial charge in [-0.3, -0.25) is 0 Å². The first-order valence-electron chi connectivity index (χ1n) is 4.12. The fourth-order valence-corrected chi connectivity index (χ4v) is 1.30. The van der Waals surface area contributed by atoms with Crippen molar-refractivity contribution in [2.45, 2.75) is 6.54 Å². The average molecular weight is 177 g/mol. The van der Waals surface area contributed by atoms with Crippen LogP contribution >= 0.6 is 0 Å². The molecule has 0 aliphatic heterocycles. The summed E-state index contributed by atoms with van der Waals surface area (Å²) in [4.78, 5) is 7.42. The normalized spacial score (nSPS) is 10.8. The lowest BCUT2D eigenvalue weighted by Gasteiger charge is -1.90. The Morgan fingerprint density at radius 3 is 3.15 bits per heavy atom. The van der Waals surface area contributed by atoms with Crippen LogP contribution in [0.1, 0.15) is 5.82 Å². The molecule has 0 saturated carbocycles. The zero-order chi connectivity index (χ0) is 9.26. The molecule has 1 aromatic heterocycles. The van der Waals surface area contributed by atoms with Crippen molar-refractivity contribution in [3.05, 3.63) is 24.0 Å². The van der Waals surface area contributed by atoms with Crippen molar-refractivity contribution < 1.29 is 5.11 Å². The van der Waals surface area contributed by atoms with Crippen LogP contribution in [0.25, 0.3) is 11.0 Å². The van der Waals surface area contributed by atoms with Gasteiger partial charge in [0.25, 0.3) is 0 Å². The summed E-state index contributed by atoms with van der Waals surface area (Å²) in [5.74, 6) is 1.13. The summed E-state index contributed by atoms with van der Waals surface area (Å²) in [6, 6.07) is 5.09. The SMILES string of the molecule is CNCc1nc2ccc(O)cc2[nH]1. The van der Waals surface area contributed by atoms with Crippen LogP contribution in [0.5, 0.6) is 5.75 Å². The van der Waals surface area contributed by atoms with E-state index in [2.05, 4.69) is 15.3 Å². The van der Waals surface area contributed by atoms with Gasteiger partial charge in [-0.1, -0.05) is 0 Å². The van der Waals surface area contributed by atoms with Gasteiger partial charge in [0.1, 0.15) is 11.6 Å². The second-order valence-electron chi connectivity index (χ2n) is 2.92. The van der Waals surface area contributed by atoms with Gasteiger partial charge in [0.2, 0.25) is 0 Å². The van der Waals surface area contributed by atoms with Gasteiger partial charge in [-0.05, 0) is 19.2 Å². The van der Waals surface area contributed by atoms with Gasteiger partial charge in [-0.2, -0.15) is 0 Å². The van der Waals surface area contributed by atoms with Gasteiger partial charge in [0, 0.05) is 6.07 Å². The van der Waals surface area contributed by atoms with E-state index in [4.69, 9.17) is 0 Å². The molecule has 0 saturated heterocycles. The predicted octanol–water partition coefficient (Wildman–Crippen LogP) is 0.988. The van der Waals surface area contributed by atoms with Gasteiger partial charge >= 0.3 is 0 Å². The maximum Gasteiger partial charge on any atom is 0.121 e. The highest BCUT2D eigenvalue weighted by atomic mass is 16.3. The molecule has 4 nitrogen and oxygen atoms in total. The number of imidazole rings is 1. The molecular formula is C9H11N3O. The number of aromatic nitrogens is 2. The number of aromatic hydroxyl groups is 1. The molecule has 13 heavy (non-hydrogen) atoms. The topological polar surface area (TPSA) is 60.9 Å². The number of hydrogen-bond acceptors (Lipinski definition) is 3. The molecule has 0 spiro atoms. The van der Waals surface area contributed by atoms with E-state index in [1.54, 1.807) is 18.2 Å². The maximum atomic E-state index is 9.21. The molecule has 0 aliphatic carbocycles. The standard InChI is InChI=1S/C9H11N3O/c1-10-5-9-11-7-3-2-6(13)4-8(7)12-9/h2-4,10,13H,5H2,1H3,(H,11,12). The lowest BCUT2D eigenvalue weighted by molar-refractivity contribution is 0.476. The highest BCUT2D eigenvalue weighted by Gasteiger charge is 2.01. The van der Waals surface area contributed by atoms with Crippen molar-refractivity contribution in [3.63, 3.8) is 0 Å². The smallest absolute Gasteiger partial charge is 0.121 e. The fraction of sp³-hybridized carbons (Fsp3) is 0.222. The predicted molar refractivity (Wildman–Crippen MR) is 50.5 cm³/mol. The first kappa shape index (κ1) is 8.07. The van der Waals surface area contributed by atoms with E-state index in [0.717, 1.165) is 16.9 Å². The van der Waals surface area contributed by atoms with Gasteiger partial charge in [0.15, 0.2) is 0 Å². The summed E-state index contributed by atoms with van der Waals surface area (Å²) >= 11 is 0. The zero-order valence-electron chi connectivity index (χ0n) is 7.33. The largest absolute Gasteiger partial charge is 0.508 e. The molecule has 3 N–H and O–H groups in total. The third kappa shape index (κ3) is 1.48. The quantitative estimate of drug-likeness (QED) is 0.641. The van der Waals surface area contributed by atoms with Crippen molar-refractivity contribution in [1.29, 1.82) is 0 Å². The molecule has 0 atom stereocenters. The second kappa shape index (κ2) is 3.06. The molecule has 0 fully saturated rings. The molecular weight excluding hydrogens is 166 g/mol. The highest BCUT2D eigenvalue weighted by Crippen LogP contribution is 2.17. The molecule has 1 aromatic carbocycles. The Hall–Kier alpha value is -1.55. The molecule has 4 heteroatoms. The number of nitrogens with one attached hydrogen (secondary N) is 2. The number of hydrogen-bond donors (Lipinski definition) is 3. The summed E-state index contributed by atoms with van der Waals surface area (Å²) in [6.45, 7) is 0.704. The number of H-pyrrole nitrogens is 1. The molecule has 2 rings (SSSR count). The van der Waals surface area contributed by atoms with Gasteiger partial charge in [-0.15, -0.1) is 0 Å². The maximum absolute atomic E-state index is 9.21. The van der Waals surface area contributed by atoms with E-state index in [1.807, 2.05) is 7.05 Å². The summed E-state index contributed by atoms with van der Waals surface area (Å²) in [5.41, 5.74) is 1.74. The molecule has 0 bridgehead atoms. The Balaban J connectivity index is 2.49. The number of aromatic amines is 1. The first-order valence-corrected chi connectivity index (χ1v) is 4.12. The number of fused-ring (bicyclic) bond motifs is 1. The van der Waals surface area contributed by atoms with E-state index in [1.165, 1.54) is 0 Å². The Morgan fingerprint density at radius 1 is 1.54 bits per heavy atom. The van der Waals surface area contributed by atoms with Crippen molar-refractivity contribution in [2.75, 3.05) is 7.05 Å². The number of rotatable bonds is 2. The van der Waals surface area contributed by atoms with Crippen LogP contribution in [0, 0.1) is 0 Å². The van der Waals surface area contributed by atoms with E-state index in [0.29, 0.717) is 6.54 Å². The van der Waals surface area contributed by atoms with Crippen LogP contribution < -0.4 is 5.32 Å². The van der Waals surface area contributed by atoms with Gasteiger partial charge < -0.3 is 15.4 Å². The first-order chi connectivity index (χ1) is 6.29. The van der Waals surface area contributed by atoms with E-state index < -0.39 is 0 Å². The third-order valence-corrected chi connectivity index (χ3v) is 1.86. The minimum absolute atomic E-state index is 0.257. The van der Waals surface area contributed by atoms with Crippen LogP contribution in [0.2, 0.25) is 0 Å². The highest BCUT2D eigenvalue weighted by molar-refractivity contribution is 5.76. The molecule has 0 radical (unpaired) electrons. The number of nitrogens with zero attached hydrogens (tertiary/aromatic N) is 1. The minimum Gasteiger partial charge on any atom is -0.508 e. The monoisotopic (exact) mass is 177 g/mol. The fourth-order valence-electron chi connectivity index (χ4n) is 1.30. The van der Waals surface area contributed by atoms with Crippen molar-refractivity contribution >= 4 is 11.0 Å². The van der Waals surface area contributed by atoms with Crippen LogP contribution in [0.3, 0.4) is 0 Å². The summed E-state index contributed by atoms with van der Waals surface area (Å²) in [7, 11) is 1.87. The Labute approximate surface area is 75.6 Å². The van der Waals surface area contributed by atoms with Crippen LogP contribution in [-0.2, 0) is 6.54 Å².